The third-order valence-electron chi connectivity index (χ3n) is 6.10. The van der Waals surface area contributed by atoms with E-state index >= 15 is 0 Å². The fourth-order valence-corrected chi connectivity index (χ4v) is 3.90. The zero-order valence-corrected chi connectivity index (χ0v) is 22.3. The van der Waals surface area contributed by atoms with Crippen molar-refractivity contribution in [2.45, 2.75) is 72.3 Å². The van der Waals surface area contributed by atoms with Crippen LogP contribution in [0.15, 0.2) is 54.6 Å². The lowest BCUT2D eigenvalue weighted by atomic mass is 10.1. The molecule has 0 bridgehead atoms. The van der Waals surface area contributed by atoms with Gasteiger partial charge in [0, 0.05) is 31.7 Å². The lowest BCUT2D eigenvalue weighted by molar-refractivity contribution is -0.0593. The van der Waals surface area contributed by atoms with E-state index in [9.17, 15) is 5.11 Å². The second-order valence-electron chi connectivity index (χ2n) is 10.3. The van der Waals surface area contributed by atoms with E-state index in [1.54, 1.807) is 0 Å². The molecule has 35 heavy (non-hydrogen) atoms. The van der Waals surface area contributed by atoms with Crippen LogP contribution in [0.25, 0.3) is 11.3 Å². The van der Waals surface area contributed by atoms with Gasteiger partial charge in [-0.3, -0.25) is 4.90 Å². The lowest BCUT2D eigenvalue weighted by Gasteiger charge is -2.31. The molecule has 3 rings (SSSR count). The van der Waals surface area contributed by atoms with Crippen LogP contribution in [-0.2, 0) is 18.3 Å². The van der Waals surface area contributed by atoms with E-state index in [1.807, 2.05) is 75.0 Å². The zero-order valence-electron chi connectivity index (χ0n) is 22.3. The molecule has 0 spiro atoms. The van der Waals surface area contributed by atoms with Gasteiger partial charge in [-0.1, -0.05) is 55.0 Å². The van der Waals surface area contributed by atoms with Crippen LogP contribution in [0.2, 0.25) is 0 Å². The molecule has 2 atom stereocenters. The summed E-state index contributed by atoms with van der Waals surface area (Å²) in [5, 5.41) is 15.7. The smallest absolute Gasteiger partial charge is 0.222 e. The molecule has 0 saturated carbocycles. The molecule has 0 aliphatic heterocycles. The predicted molar refractivity (Wildman–Crippen MR) is 142 cm³/mol. The van der Waals surface area contributed by atoms with Gasteiger partial charge in [0.15, 0.2) is 0 Å². The van der Waals surface area contributed by atoms with Gasteiger partial charge in [-0.15, -0.1) is 0 Å². The topological polar surface area (TPSA) is 59.8 Å². The summed E-state index contributed by atoms with van der Waals surface area (Å²) in [7, 11) is 1.92. The first kappa shape index (κ1) is 26.9. The van der Waals surface area contributed by atoms with Crippen molar-refractivity contribution in [3.05, 3.63) is 65.7 Å². The largest absolute Gasteiger partial charge is 0.439 e. The summed E-state index contributed by atoms with van der Waals surface area (Å²) < 4.78 is 14.1. The van der Waals surface area contributed by atoms with Crippen molar-refractivity contribution in [2.24, 2.45) is 7.05 Å². The molecular weight excluding hydrogens is 438 g/mol. The fraction of sp³-hybridized carbons (Fsp3) is 0.483. The maximum atomic E-state index is 10.8. The average molecular weight is 480 g/mol. The van der Waals surface area contributed by atoms with Crippen LogP contribution in [0.1, 0.15) is 52.2 Å². The minimum atomic E-state index is -0.596. The summed E-state index contributed by atoms with van der Waals surface area (Å²) in [5.41, 5.74) is 3.83. The van der Waals surface area contributed by atoms with E-state index in [0.717, 1.165) is 29.0 Å². The molecule has 0 amide bonds. The molecule has 0 saturated heterocycles. The molecule has 2 aromatic carbocycles. The molecule has 0 aliphatic carbocycles. The zero-order chi connectivity index (χ0) is 25.6. The standard InChI is InChI=1S/C29H41N3O3/c1-8-22(3)32(18-24(33)20-34-29(4,5)6)19-26-27(23-12-10-9-11-13-23)30-31(7)28(26)35-25-16-14-21(2)15-17-25/h9-17,22,24,33H,8,18-20H2,1-7H3. The Balaban J connectivity index is 1.95. The maximum Gasteiger partial charge on any atom is 0.222 e. The summed E-state index contributed by atoms with van der Waals surface area (Å²) in [4.78, 5) is 2.29. The first-order valence-electron chi connectivity index (χ1n) is 12.5. The quantitative estimate of drug-likeness (QED) is 0.367. The van der Waals surface area contributed by atoms with Gasteiger partial charge in [0.05, 0.1) is 23.9 Å². The van der Waals surface area contributed by atoms with Crippen LogP contribution >= 0.6 is 0 Å². The molecular formula is C29H41N3O3. The Labute approximate surface area is 210 Å². The number of rotatable bonds is 11. The van der Waals surface area contributed by atoms with Gasteiger partial charge in [0.1, 0.15) is 11.4 Å². The Morgan fingerprint density at radius 2 is 1.71 bits per heavy atom. The number of nitrogens with zero attached hydrogens (tertiary/aromatic N) is 3. The van der Waals surface area contributed by atoms with Crippen LogP contribution in [0.3, 0.4) is 0 Å². The molecule has 3 aromatic rings. The number of benzene rings is 2. The normalized spacial score (nSPS) is 13.7. The molecule has 1 N–H and O–H groups in total. The molecule has 0 fully saturated rings. The Morgan fingerprint density at radius 3 is 2.31 bits per heavy atom. The van der Waals surface area contributed by atoms with E-state index in [4.69, 9.17) is 14.6 Å². The number of hydrogen-bond acceptors (Lipinski definition) is 5. The number of ether oxygens (including phenoxy) is 2. The van der Waals surface area contributed by atoms with Crippen LogP contribution in [0, 0.1) is 6.92 Å². The molecule has 6 nitrogen and oxygen atoms in total. The monoisotopic (exact) mass is 479 g/mol. The highest BCUT2D eigenvalue weighted by molar-refractivity contribution is 5.65. The molecule has 0 aliphatic rings. The van der Waals surface area contributed by atoms with Gasteiger partial charge >= 0.3 is 0 Å². The van der Waals surface area contributed by atoms with Crippen molar-refractivity contribution >= 4 is 0 Å². The highest BCUT2D eigenvalue weighted by atomic mass is 16.5. The summed E-state index contributed by atoms with van der Waals surface area (Å²) in [5.74, 6) is 1.48. The van der Waals surface area contributed by atoms with Crippen molar-refractivity contribution in [2.75, 3.05) is 13.2 Å². The second-order valence-corrected chi connectivity index (χ2v) is 10.3. The third kappa shape index (κ3) is 7.66. The predicted octanol–water partition coefficient (Wildman–Crippen LogP) is 5.96. The molecule has 6 heteroatoms. The molecule has 1 heterocycles. The highest BCUT2D eigenvalue weighted by Crippen LogP contribution is 2.34. The van der Waals surface area contributed by atoms with Crippen molar-refractivity contribution in [1.82, 2.24) is 14.7 Å². The van der Waals surface area contributed by atoms with Gasteiger partial charge in [0.2, 0.25) is 5.88 Å². The van der Waals surface area contributed by atoms with Crippen molar-refractivity contribution in [3.8, 4) is 22.9 Å². The van der Waals surface area contributed by atoms with Gasteiger partial charge in [-0.2, -0.15) is 5.10 Å². The highest BCUT2D eigenvalue weighted by Gasteiger charge is 2.26. The fourth-order valence-electron chi connectivity index (χ4n) is 3.90. The Bertz CT molecular complexity index is 1060. The number of aliphatic hydroxyl groups excluding tert-OH is 1. The van der Waals surface area contributed by atoms with E-state index < -0.39 is 6.10 Å². The third-order valence-corrected chi connectivity index (χ3v) is 6.10. The minimum Gasteiger partial charge on any atom is -0.439 e. The number of hydrogen-bond donors (Lipinski definition) is 1. The number of aromatic nitrogens is 2. The Kier molecular flexibility index (Phi) is 9.11. The Hall–Kier alpha value is -2.67. The van der Waals surface area contributed by atoms with Gasteiger partial charge in [-0.05, 0) is 53.2 Å². The summed E-state index contributed by atoms with van der Waals surface area (Å²) >= 11 is 0. The van der Waals surface area contributed by atoms with E-state index in [2.05, 4.69) is 37.8 Å². The molecule has 190 valence electrons. The van der Waals surface area contributed by atoms with Gasteiger partial charge in [-0.25, -0.2) is 4.68 Å². The first-order chi connectivity index (χ1) is 16.6. The molecule has 1 aromatic heterocycles. The van der Waals surface area contributed by atoms with Crippen molar-refractivity contribution in [1.29, 1.82) is 0 Å². The summed E-state index contributed by atoms with van der Waals surface area (Å²) in [6.07, 6.45) is 0.364. The average Bonchev–Trinajstić information content (AvgIpc) is 3.13. The second kappa shape index (κ2) is 11.8. The molecule has 0 radical (unpaired) electrons. The maximum absolute atomic E-state index is 10.8. The van der Waals surface area contributed by atoms with Crippen LogP contribution < -0.4 is 4.74 Å². The van der Waals surface area contributed by atoms with Crippen LogP contribution in [0.4, 0.5) is 0 Å². The Morgan fingerprint density at radius 1 is 1.06 bits per heavy atom. The number of aryl methyl sites for hydroxylation is 2. The summed E-state index contributed by atoms with van der Waals surface area (Å²) in [6, 6.07) is 18.5. The first-order valence-corrected chi connectivity index (χ1v) is 12.5. The molecule has 2 unspecified atom stereocenters. The van der Waals surface area contributed by atoms with E-state index in [0.29, 0.717) is 25.6 Å². The van der Waals surface area contributed by atoms with Gasteiger partial charge in [0.25, 0.3) is 0 Å². The van der Waals surface area contributed by atoms with Crippen LogP contribution in [-0.4, -0.2) is 50.7 Å². The SMILES string of the molecule is CCC(C)N(Cc1c(-c2ccccc2)nn(C)c1Oc1ccc(C)cc1)CC(O)COC(C)(C)C. The van der Waals surface area contributed by atoms with Gasteiger partial charge < -0.3 is 14.6 Å². The lowest BCUT2D eigenvalue weighted by Crippen LogP contribution is -2.41. The minimum absolute atomic E-state index is 0.260. The van der Waals surface area contributed by atoms with E-state index in [1.165, 1.54) is 5.56 Å². The summed E-state index contributed by atoms with van der Waals surface area (Å²) in [6.45, 7) is 13.8. The van der Waals surface area contributed by atoms with E-state index in [-0.39, 0.29) is 11.6 Å². The van der Waals surface area contributed by atoms with Crippen molar-refractivity contribution < 1.29 is 14.6 Å². The van der Waals surface area contributed by atoms with Crippen molar-refractivity contribution in [3.63, 3.8) is 0 Å². The number of aliphatic hydroxyl groups is 1. The van der Waals surface area contributed by atoms with Crippen LogP contribution in [0.5, 0.6) is 11.6 Å².